The molecule has 0 aromatic heterocycles. The lowest BCUT2D eigenvalue weighted by atomic mass is 10.1. The molecule has 2 unspecified atom stereocenters. The molecule has 2 rings (SSSR count). The van der Waals surface area contributed by atoms with E-state index in [9.17, 15) is 14.7 Å². The molecule has 1 aromatic carbocycles. The van der Waals surface area contributed by atoms with Gasteiger partial charge in [-0.1, -0.05) is 6.07 Å². The van der Waals surface area contributed by atoms with Crippen LogP contribution in [-0.4, -0.2) is 42.7 Å². The number of carbonyl (C=O) groups is 2. The van der Waals surface area contributed by atoms with Gasteiger partial charge in [-0.15, -0.1) is 0 Å². The van der Waals surface area contributed by atoms with Crippen molar-refractivity contribution >= 4 is 17.5 Å². The minimum Gasteiger partial charge on any atom is -0.392 e. The summed E-state index contributed by atoms with van der Waals surface area (Å²) in [5.74, 6) is -0.383. The maximum absolute atomic E-state index is 12.1. The Morgan fingerprint density at radius 2 is 2.15 bits per heavy atom. The van der Waals surface area contributed by atoms with Crippen molar-refractivity contribution in [1.29, 1.82) is 0 Å². The number of hydrogen-bond acceptors (Lipinski definition) is 4. The number of hydrogen-bond donors (Lipinski definition) is 4. The van der Waals surface area contributed by atoms with Crippen molar-refractivity contribution in [2.45, 2.75) is 25.5 Å². The molecule has 1 heterocycles. The molecule has 108 valence electrons. The third-order valence-corrected chi connectivity index (χ3v) is 3.49. The first-order valence-corrected chi connectivity index (χ1v) is 6.57. The van der Waals surface area contributed by atoms with Crippen LogP contribution in [0.4, 0.5) is 5.69 Å². The molecule has 2 atom stereocenters. The van der Waals surface area contributed by atoms with E-state index < -0.39 is 12.1 Å². The summed E-state index contributed by atoms with van der Waals surface area (Å²) in [7, 11) is 1.57. The predicted molar refractivity (Wildman–Crippen MR) is 75.6 cm³/mol. The maximum Gasteiger partial charge on any atom is 0.251 e. The van der Waals surface area contributed by atoms with E-state index in [0.29, 0.717) is 24.2 Å². The third kappa shape index (κ3) is 2.97. The molecule has 0 radical (unpaired) electrons. The van der Waals surface area contributed by atoms with Crippen molar-refractivity contribution in [3.63, 3.8) is 0 Å². The zero-order chi connectivity index (χ0) is 14.7. The first kappa shape index (κ1) is 14.5. The lowest BCUT2D eigenvalue weighted by Gasteiger charge is -2.14. The molecular weight excluding hydrogens is 258 g/mol. The van der Waals surface area contributed by atoms with Crippen molar-refractivity contribution in [2.24, 2.45) is 0 Å². The lowest BCUT2D eigenvalue weighted by Crippen LogP contribution is -2.35. The molecular formula is C14H19N3O3. The van der Waals surface area contributed by atoms with Gasteiger partial charge in [0.15, 0.2) is 0 Å². The van der Waals surface area contributed by atoms with Crippen molar-refractivity contribution in [3.8, 4) is 0 Å². The molecule has 2 amide bonds. The van der Waals surface area contributed by atoms with Crippen LogP contribution in [0.1, 0.15) is 22.3 Å². The lowest BCUT2D eigenvalue weighted by molar-refractivity contribution is -0.117. The Morgan fingerprint density at radius 1 is 1.40 bits per heavy atom. The van der Waals surface area contributed by atoms with E-state index in [4.69, 9.17) is 0 Å². The molecule has 1 aliphatic heterocycles. The normalized spacial score (nSPS) is 21.6. The number of aliphatic hydroxyl groups excluding tert-OH is 1. The number of amides is 2. The van der Waals surface area contributed by atoms with Gasteiger partial charge in [0.05, 0.1) is 12.1 Å². The first-order chi connectivity index (χ1) is 9.52. The van der Waals surface area contributed by atoms with Gasteiger partial charge in [-0.2, -0.15) is 0 Å². The number of carbonyl (C=O) groups excluding carboxylic acids is 2. The molecule has 0 saturated carbocycles. The Hall–Kier alpha value is -1.92. The molecule has 1 saturated heterocycles. The van der Waals surface area contributed by atoms with E-state index in [1.165, 1.54) is 0 Å². The predicted octanol–water partition coefficient (Wildman–Crippen LogP) is 0.0159. The first-order valence-electron chi connectivity index (χ1n) is 6.57. The Labute approximate surface area is 117 Å². The highest BCUT2D eigenvalue weighted by molar-refractivity contribution is 6.00. The van der Waals surface area contributed by atoms with Crippen LogP contribution in [0, 0.1) is 6.92 Å². The molecule has 0 spiro atoms. The Bertz CT molecular complexity index is 530. The van der Waals surface area contributed by atoms with Crippen molar-refractivity contribution < 1.29 is 14.7 Å². The SMILES string of the molecule is CNC(=O)c1cccc(NC(=O)C2CC(O)CN2)c1C. The van der Waals surface area contributed by atoms with Crippen LogP contribution in [0.2, 0.25) is 0 Å². The van der Waals surface area contributed by atoms with Gasteiger partial charge < -0.3 is 21.1 Å². The maximum atomic E-state index is 12.1. The second-order valence-corrected chi connectivity index (χ2v) is 4.90. The minimum atomic E-state index is -0.482. The summed E-state index contributed by atoms with van der Waals surface area (Å²) in [6, 6.07) is 4.80. The topological polar surface area (TPSA) is 90.5 Å². The molecule has 6 heteroatoms. The molecule has 0 aliphatic carbocycles. The minimum absolute atomic E-state index is 0.187. The van der Waals surface area contributed by atoms with Gasteiger partial charge in [-0.3, -0.25) is 9.59 Å². The van der Waals surface area contributed by atoms with Crippen LogP contribution >= 0.6 is 0 Å². The largest absolute Gasteiger partial charge is 0.392 e. The Balaban J connectivity index is 2.13. The molecule has 0 bridgehead atoms. The molecule has 4 N–H and O–H groups in total. The van der Waals surface area contributed by atoms with Crippen LogP contribution in [0.3, 0.4) is 0 Å². The number of aliphatic hydroxyl groups is 1. The van der Waals surface area contributed by atoms with Crippen LogP contribution in [0.25, 0.3) is 0 Å². The standard InChI is InChI=1S/C14H19N3O3/c1-8-10(13(19)15-2)4-3-5-11(8)17-14(20)12-6-9(18)7-16-12/h3-5,9,12,16,18H,6-7H2,1-2H3,(H,15,19)(H,17,20). The fraction of sp³-hybridized carbons (Fsp3) is 0.429. The van der Waals surface area contributed by atoms with Gasteiger partial charge in [-0.05, 0) is 31.0 Å². The Morgan fingerprint density at radius 3 is 2.75 bits per heavy atom. The molecule has 6 nitrogen and oxygen atoms in total. The van der Waals surface area contributed by atoms with Gasteiger partial charge in [0, 0.05) is 24.8 Å². The third-order valence-electron chi connectivity index (χ3n) is 3.49. The number of benzene rings is 1. The van der Waals surface area contributed by atoms with Crippen LogP contribution in [0.5, 0.6) is 0 Å². The van der Waals surface area contributed by atoms with Gasteiger partial charge in [0.1, 0.15) is 0 Å². The quantitative estimate of drug-likeness (QED) is 0.627. The number of rotatable bonds is 3. The van der Waals surface area contributed by atoms with Gasteiger partial charge in [-0.25, -0.2) is 0 Å². The molecule has 1 aromatic rings. The fourth-order valence-corrected chi connectivity index (χ4v) is 2.29. The summed E-state index contributed by atoms with van der Waals surface area (Å²) in [6.45, 7) is 2.21. The van der Waals surface area contributed by atoms with Crippen LogP contribution in [-0.2, 0) is 4.79 Å². The Kier molecular flexibility index (Phi) is 4.36. The van der Waals surface area contributed by atoms with Crippen LogP contribution < -0.4 is 16.0 Å². The summed E-state index contributed by atoms with van der Waals surface area (Å²) in [5.41, 5.74) is 1.86. The average Bonchev–Trinajstić information content (AvgIpc) is 2.87. The summed E-state index contributed by atoms with van der Waals surface area (Å²) in [5, 5.41) is 17.7. The van der Waals surface area contributed by atoms with E-state index in [1.54, 1.807) is 32.2 Å². The van der Waals surface area contributed by atoms with E-state index in [1.807, 2.05) is 0 Å². The zero-order valence-electron chi connectivity index (χ0n) is 11.6. The van der Waals surface area contributed by atoms with Gasteiger partial charge in [0.25, 0.3) is 5.91 Å². The second-order valence-electron chi connectivity index (χ2n) is 4.90. The summed E-state index contributed by atoms with van der Waals surface area (Å²) in [6.07, 6.45) is -0.0796. The van der Waals surface area contributed by atoms with Crippen molar-refractivity contribution in [1.82, 2.24) is 10.6 Å². The van der Waals surface area contributed by atoms with E-state index >= 15 is 0 Å². The molecule has 1 aliphatic rings. The highest BCUT2D eigenvalue weighted by atomic mass is 16.3. The summed E-state index contributed by atoms with van der Waals surface area (Å²) >= 11 is 0. The zero-order valence-corrected chi connectivity index (χ0v) is 11.6. The van der Waals surface area contributed by atoms with E-state index in [0.717, 1.165) is 5.56 Å². The smallest absolute Gasteiger partial charge is 0.251 e. The summed E-state index contributed by atoms with van der Waals surface area (Å²) < 4.78 is 0. The second kappa shape index (κ2) is 6.02. The molecule has 20 heavy (non-hydrogen) atoms. The number of β-amino-alcohol motifs (C(OH)–C–C–N with tert-alkyl or cyclic N) is 1. The van der Waals surface area contributed by atoms with Gasteiger partial charge in [0.2, 0.25) is 5.91 Å². The molecule has 1 fully saturated rings. The highest BCUT2D eigenvalue weighted by Gasteiger charge is 2.28. The monoisotopic (exact) mass is 277 g/mol. The summed E-state index contributed by atoms with van der Waals surface area (Å²) in [4.78, 5) is 23.8. The van der Waals surface area contributed by atoms with E-state index in [2.05, 4.69) is 16.0 Å². The number of anilines is 1. The number of nitrogens with one attached hydrogen (secondary N) is 3. The average molecular weight is 277 g/mol. The fourth-order valence-electron chi connectivity index (χ4n) is 2.29. The van der Waals surface area contributed by atoms with Crippen LogP contribution in [0.15, 0.2) is 18.2 Å². The van der Waals surface area contributed by atoms with Crippen molar-refractivity contribution in [2.75, 3.05) is 18.9 Å². The van der Waals surface area contributed by atoms with E-state index in [-0.39, 0.29) is 11.8 Å². The highest BCUT2D eigenvalue weighted by Crippen LogP contribution is 2.20. The van der Waals surface area contributed by atoms with Crippen molar-refractivity contribution in [3.05, 3.63) is 29.3 Å². The van der Waals surface area contributed by atoms with Gasteiger partial charge >= 0.3 is 0 Å².